The number of carbonyl (C=O) groups is 1. The molecule has 3 aromatic carbocycles. The molecule has 1 heterocycles. The van der Waals surface area contributed by atoms with E-state index in [4.69, 9.17) is 9.47 Å². The second kappa shape index (κ2) is 10.5. The largest absolute Gasteiger partial charge is 0.487 e. The van der Waals surface area contributed by atoms with E-state index in [2.05, 4.69) is 88.7 Å². The van der Waals surface area contributed by atoms with E-state index < -0.39 is 5.97 Å². The zero-order chi connectivity index (χ0) is 22.8. The molecule has 0 radical (unpaired) electrons. The summed E-state index contributed by atoms with van der Waals surface area (Å²) in [5.41, 5.74) is 2.51. The number of carbonyl (C=O) groups excluding carboxylic acids is 1. The normalized spacial score (nSPS) is 14.5. The zero-order valence-corrected chi connectivity index (χ0v) is 24.1. The summed E-state index contributed by atoms with van der Waals surface area (Å²) in [6.45, 7) is 0.260. The van der Waals surface area contributed by atoms with Crippen molar-refractivity contribution in [1.29, 1.82) is 0 Å². The van der Waals surface area contributed by atoms with Crippen molar-refractivity contribution in [2.75, 3.05) is 0 Å². The lowest BCUT2D eigenvalue weighted by molar-refractivity contribution is -0.129. The van der Waals surface area contributed by atoms with Gasteiger partial charge in [0.1, 0.15) is 18.2 Å². The van der Waals surface area contributed by atoms with Crippen molar-refractivity contribution in [2.24, 2.45) is 4.99 Å². The minimum atomic E-state index is -0.494. The molecule has 0 bridgehead atoms. The Morgan fingerprint density at radius 1 is 1.03 bits per heavy atom. The van der Waals surface area contributed by atoms with E-state index in [0.717, 1.165) is 31.9 Å². The summed E-state index contributed by atoms with van der Waals surface area (Å²) in [7, 11) is 0. The topological polar surface area (TPSA) is 47.9 Å². The highest BCUT2D eigenvalue weighted by Crippen LogP contribution is 2.31. The predicted octanol–water partition coefficient (Wildman–Crippen LogP) is 7.33. The molecule has 0 unspecified atom stereocenters. The zero-order valence-electron chi connectivity index (χ0n) is 16.0. The van der Waals surface area contributed by atoms with Gasteiger partial charge in [0.25, 0.3) is 0 Å². The Balaban J connectivity index is 1.56. The third-order valence-electron chi connectivity index (χ3n) is 4.38. The second-order valence-electron chi connectivity index (χ2n) is 6.70. The molecule has 0 aliphatic carbocycles. The molecule has 0 amide bonds. The average molecular weight is 830 g/mol. The van der Waals surface area contributed by atoms with Gasteiger partial charge in [-0.15, -0.1) is 0 Å². The molecule has 9 heteroatoms. The summed E-state index contributed by atoms with van der Waals surface area (Å²) in [6.07, 6.45) is 1.69. The molecule has 1 aliphatic heterocycles. The van der Waals surface area contributed by atoms with Crippen LogP contribution in [0.15, 0.2) is 69.8 Å². The van der Waals surface area contributed by atoms with Crippen LogP contribution < -0.4 is 4.74 Å². The van der Waals surface area contributed by atoms with Crippen LogP contribution in [0.3, 0.4) is 0 Å². The fourth-order valence-corrected chi connectivity index (χ4v) is 5.74. The molecule has 0 N–H and O–H groups in total. The lowest BCUT2D eigenvalue weighted by atomic mass is 10.2. The van der Waals surface area contributed by atoms with Crippen molar-refractivity contribution in [3.63, 3.8) is 0 Å². The average Bonchev–Trinajstić information content (AvgIpc) is 3.10. The van der Waals surface area contributed by atoms with Gasteiger partial charge in [0.2, 0.25) is 5.90 Å². The lowest BCUT2D eigenvalue weighted by Crippen LogP contribution is -2.05. The molecule has 4 nitrogen and oxygen atoms in total. The highest BCUT2D eigenvalue weighted by Gasteiger charge is 2.24. The Morgan fingerprint density at radius 3 is 2.47 bits per heavy atom. The van der Waals surface area contributed by atoms with Crippen molar-refractivity contribution in [3.05, 3.63) is 98.0 Å². The SMILES string of the molecule is O=C1OC(c2ccc(I)c(Br)c2)=N/C1=C\c1cc(I)c(OCc2cccc(F)c2)c(I)c1. The van der Waals surface area contributed by atoms with Gasteiger partial charge < -0.3 is 9.47 Å². The summed E-state index contributed by atoms with van der Waals surface area (Å²) in [4.78, 5) is 16.7. The van der Waals surface area contributed by atoms with Crippen LogP contribution in [-0.2, 0) is 16.1 Å². The number of rotatable bonds is 5. The molecule has 1 aliphatic rings. The molecule has 0 aromatic heterocycles. The number of aliphatic imine (C=N–C) groups is 1. The first-order valence-electron chi connectivity index (χ1n) is 9.14. The Hall–Kier alpha value is -1.06. The quantitative estimate of drug-likeness (QED) is 0.154. The van der Waals surface area contributed by atoms with Gasteiger partial charge in [-0.3, -0.25) is 0 Å². The first kappa shape index (κ1) is 24.1. The van der Waals surface area contributed by atoms with Gasteiger partial charge in [-0.25, -0.2) is 14.2 Å². The molecule has 32 heavy (non-hydrogen) atoms. The van der Waals surface area contributed by atoms with E-state index in [9.17, 15) is 9.18 Å². The van der Waals surface area contributed by atoms with E-state index in [1.165, 1.54) is 12.1 Å². The van der Waals surface area contributed by atoms with Crippen LogP contribution >= 0.6 is 83.7 Å². The molecule has 0 fully saturated rings. The van der Waals surface area contributed by atoms with Crippen LogP contribution in [0.4, 0.5) is 4.39 Å². The van der Waals surface area contributed by atoms with E-state index in [-0.39, 0.29) is 24.0 Å². The number of nitrogens with zero attached hydrogens (tertiary/aromatic N) is 1. The Bertz CT molecular complexity index is 1270. The van der Waals surface area contributed by atoms with Crippen molar-refractivity contribution in [2.45, 2.75) is 6.61 Å². The van der Waals surface area contributed by atoms with Crippen LogP contribution in [0.25, 0.3) is 6.08 Å². The maximum absolute atomic E-state index is 13.4. The summed E-state index contributed by atoms with van der Waals surface area (Å²) >= 11 is 10.1. The number of esters is 1. The third-order valence-corrected chi connectivity index (χ3v) is 8.32. The van der Waals surface area contributed by atoms with Crippen molar-refractivity contribution >= 4 is 102 Å². The second-order valence-corrected chi connectivity index (χ2v) is 11.0. The monoisotopic (exact) mass is 829 g/mol. The van der Waals surface area contributed by atoms with Gasteiger partial charge in [0, 0.05) is 13.6 Å². The van der Waals surface area contributed by atoms with Crippen LogP contribution in [0.1, 0.15) is 16.7 Å². The lowest BCUT2D eigenvalue weighted by Gasteiger charge is -2.11. The molecule has 0 atom stereocenters. The third kappa shape index (κ3) is 5.70. The maximum atomic E-state index is 13.4. The van der Waals surface area contributed by atoms with Gasteiger partial charge in [0.15, 0.2) is 5.70 Å². The minimum absolute atomic E-state index is 0.231. The van der Waals surface area contributed by atoms with Crippen molar-refractivity contribution < 1.29 is 18.7 Å². The maximum Gasteiger partial charge on any atom is 0.363 e. The standard InChI is InChI=1S/C23H12BrFI3NO3/c24-16-10-14(4-5-17(16)26)22-29-20(23(30)32-22)9-13-7-18(27)21(19(28)8-13)31-11-12-2-1-3-15(25)6-12/h1-10H,11H2/b20-9-. The number of ether oxygens (including phenoxy) is 2. The number of halogens is 5. The summed E-state index contributed by atoms with van der Waals surface area (Å²) in [5, 5.41) is 0. The fraction of sp³-hybridized carbons (Fsp3) is 0.0435. The molecule has 0 saturated carbocycles. The van der Waals surface area contributed by atoms with Crippen LogP contribution in [-0.4, -0.2) is 11.9 Å². The smallest absolute Gasteiger partial charge is 0.363 e. The Kier molecular flexibility index (Phi) is 7.88. The van der Waals surface area contributed by atoms with Gasteiger partial charge in [-0.1, -0.05) is 12.1 Å². The fourth-order valence-electron chi connectivity index (χ4n) is 2.90. The van der Waals surface area contributed by atoms with E-state index >= 15 is 0 Å². The first-order chi connectivity index (χ1) is 15.3. The number of hydrogen-bond acceptors (Lipinski definition) is 4. The molecule has 162 valence electrons. The highest BCUT2D eigenvalue weighted by atomic mass is 127. The van der Waals surface area contributed by atoms with Crippen LogP contribution in [0.5, 0.6) is 5.75 Å². The number of cyclic esters (lactones) is 1. The first-order valence-corrected chi connectivity index (χ1v) is 13.2. The molecule has 0 saturated heterocycles. The van der Waals surface area contributed by atoms with E-state index in [0.29, 0.717) is 5.75 Å². The number of benzene rings is 3. The predicted molar refractivity (Wildman–Crippen MR) is 150 cm³/mol. The van der Waals surface area contributed by atoms with Crippen molar-refractivity contribution in [1.82, 2.24) is 0 Å². The summed E-state index contributed by atoms with van der Waals surface area (Å²) < 4.78 is 28.4. The Morgan fingerprint density at radius 2 is 1.78 bits per heavy atom. The summed E-state index contributed by atoms with van der Waals surface area (Å²) in [6, 6.07) is 15.8. The van der Waals surface area contributed by atoms with E-state index in [1.54, 1.807) is 12.1 Å². The van der Waals surface area contributed by atoms with Gasteiger partial charge in [0.05, 0.1) is 7.14 Å². The molecule has 3 aromatic rings. The van der Waals surface area contributed by atoms with Gasteiger partial charge in [-0.05, 0) is 143 Å². The molecular formula is C23H12BrFI3NO3. The minimum Gasteiger partial charge on any atom is -0.487 e. The molecule has 4 rings (SSSR count). The molecular weight excluding hydrogens is 818 g/mol. The van der Waals surface area contributed by atoms with Gasteiger partial charge >= 0.3 is 5.97 Å². The van der Waals surface area contributed by atoms with Crippen molar-refractivity contribution in [3.8, 4) is 5.75 Å². The van der Waals surface area contributed by atoms with Gasteiger partial charge in [-0.2, -0.15) is 0 Å². The molecule has 0 spiro atoms. The number of hydrogen-bond donors (Lipinski definition) is 0. The van der Waals surface area contributed by atoms with Crippen LogP contribution in [0, 0.1) is 16.5 Å². The van der Waals surface area contributed by atoms with Crippen LogP contribution in [0.2, 0.25) is 0 Å². The van der Waals surface area contributed by atoms with E-state index in [1.807, 2.05) is 36.4 Å². The summed E-state index contributed by atoms with van der Waals surface area (Å²) in [5.74, 6) is 0.196. The highest BCUT2D eigenvalue weighted by molar-refractivity contribution is 14.1. The Labute approximate surface area is 233 Å².